The van der Waals surface area contributed by atoms with Gasteiger partial charge in [-0.05, 0) is 6.07 Å². The third-order valence-electron chi connectivity index (χ3n) is 1.48. The zero-order valence-corrected chi connectivity index (χ0v) is 6.09. The van der Waals surface area contributed by atoms with Crippen LogP contribution >= 0.6 is 0 Å². The first kappa shape index (κ1) is 6.22. The topological polar surface area (TPSA) is 37.9 Å². The van der Waals surface area contributed by atoms with Crippen LogP contribution in [-0.2, 0) is 0 Å². The Kier molecular flexibility index (Phi) is 1.28. The molecule has 0 unspecified atom stereocenters. The monoisotopic (exact) mass is 147 g/mol. The summed E-state index contributed by atoms with van der Waals surface area (Å²) in [5.74, 6) is 0. The lowest BCUT2D eigenvalue weighted by Crippen LogP contribution is -1.82. The first-order valence-corrected chi connectivity index (χ1v) is 3.30. The minimum atomic E-state index is 0.530. The zero-order valence-electron chi connectivity index (χ0n) is 6.09. The van der Waals surface area contributed by atoms with Crippen molar-refractivity contribution in [2.45, 2.75) is 0 Å². The molecule has 0 saturated carbocycles. The van der Waals surface area contributed by atoms with Gasteiger partial charge in [0, 0.05) is 6.07 Å². The number of hydrogen-bond acceptors (Lipinski definition) is 2. The molecule has 0 aliphatic rings. The molecule has 0 amide bonds. The molecule has 1 N–H and O–H groups in total. The van der Waals surface area contributed by atoms with Crippen molar-refractivity contribution in [2.75, 3.05) is 7.11 Å². The lowest BCUT2D eigenvalue weighted by atomic mass is 10.3. The van der Waals surface area contributed by atoms with Crippen LogP contribution in [0.3, 0.4) is 0 Å². The summed E-state index contributed by atoms with van der Waals surface area (Å²) in [6.45, 7) is 0. The quantitative estimate of drug-likeness (QED) is 0.661. The Balaban J connectivity index is 2.69. The molecule has 0 aliphatic heterocycles. The van der Waals surface area contributed by atoms with E-state index in [9.17, 15) is 0 Å². The number of hydrogen-bond donors (Lipinski definition) is 1. The van der Waals surface area contributed by atoms with Crippen LogP contribution in [0.15, 0.2) is 18.2 Å². The molecule has 2 rings (SSSR count). The number of H-pyrrole nitrogens is 1. The predicted octanol–water partition coefficient (Wildman–Crippen LogP) is 1.37. The summed E-state index contributed by atoms with van der Waals surface area (Å²) in [5.41, 5.74) is 1.76. The van der Waals surface area contributed by atoms with Crippen LogP contribution in [0.2, 0.25) is 0 Å². The van der Waals surface area contributed by atoms with Crippen LogP contribution in [0.5, 0.6) is 6.01 Å². The third kappa shape index (κ3) is 0.941. The molecule has 55 valence electrons. The average molecular weight is 147 g/mol. The molecule has 0 fully saturated rings. The lowest BCUT2D eigenvalue weighted by Gasteiger charge is -1.86. The van der Waals surface area contributed by atoms with Crippen molar-refractivity contribution >= 4 is 11.0 Å². The predicted molar refractivity (Wildman–Crippen MR) is 41.5 cm³/mol. The summed E-state index contributed by atoms with van der Waals surface area (Å²) in [5, 5.41) is 0. The normalized spacial score (nSPS) is 10.3. The zero-order chi connectivity index (χ0) is 7.68. The van der Waals surface area contributed by atoms with Gasteiger partial charge in [-0.15, -0.1) is 0 Å². The van der Waals surface area contributed by atoms with Gasteiger partial charge in [0.05, 0.1) is 12.6 Å². The number of nitrogens with zero attached hydrogens (tertiary/aromatic N) is 1. The number of methoxy groups -OCH3 is 1. The molecule has 0 saturated heterocycles. The van der Waals surface area contributed by atoms with Gasteiger partial charge in [0.2, 0.25) is 0 Å². The highest BCUT2D eigenvalue weighted by atomic mass is 16.5. The average Bonchev–Trinajstić information content (AvgIpc) is 2.46. The minimum Gasteiger partial charge on any atom is -0.468 e. The van der Waals surface area contributed by atoms with E-state index in [2.05, 4.69) is 16.0 Å². The van der Waals surface area contributed by atoms with E-state index < -0.39 is 0 Å². The first-order chi connectivity index (χ1) is 5.40. The number of rotatable bonds is 1. The summed E-state index contributed by atoms with van der Waals surface area (Å²) in [6.07, 6.45) is 0. The van der Waals surface area contributed by atoms with E-state index in [4.69, 9.17) is 4.74 Å². The fourth-order valence-electron chi connectivity index (χ4n) is 0.963. The van der Waals surface area contributed by atoms with Gasteiger partial charge in [-0.3, -0.25) is 0 Å². The van der Waals surface area contributed by atoms with Crippen LogP contribution in [0.4, 0.5) is 0 Å². The Morgan fingerprint density at radius 2 is 2.55 bits per heavy atom. The van der Waals surface area contributed by atoms with Crippen molar-refractivity contribution in [3.8, 4) is 6.01 Å². The van der Waals surface area contributed by atoms with Crippen LogP contribution in [0.1, 0.15) is 0 Å². The molecular weight excluding hydrogens is 140 g/mol. The number of fused-ring (bicyclic) bond motifs is 1. The maximum absolute atomic E-state index is 4.91. The molecule has 0 atom stereocenters. The summed E-state index contributed by atoms with van der Waals surface area (Å²) in [4.78, 5) is 7.08. The van der Waals surface area contributed by atoms with Gasteiger partial charge < -0.3 is 9.72 Å². The van der Waals surface area contributed by atoms with Crippen LogP contribution in [-0.4, -0.2) is 17.1 Å². The number of nitrogens with one attached hydrogen (secondary N) is 1. The number of para-hydroxylation sites is 1. The van der Waals surface area contributed by atoms with Gasteiger partial charge in [0.15, 0.2) is 0 Å². The highest BCUT2D eigenvalue weighted by molar-refractivity contribution is 5.74. The molecule has 3 heteroatoms. The lowest BCUT2D eigenvalue weighted by molar-refractivity contribution is 0.386. The van der Waals surface area contributed by atoms with Crippen LogP contribution < -0.4 is 4.74 Å². The molecule has 0 bridgehead atoms. The minimum absolute atomic E-state index is 0.530. The molecule has 3 nitrogen and oxygen atoms in total. The molecule has 1 aromatic heterocycles. The van der Waals surface area contributed by atoms with Crippen molar-refractivity contribution in [1.82, 2.24) is 9.97 Å². The van der Waals surface area contributed by atoms with Crippen molar-refractivity contribution in [1.29, 1.82) is 0 Å². The molecular formula is C8H7N2O. The Morgan fingerprint density at radius 1 is 1.64 bits per heavy atom. The van der Waals surface area contributed by atoms with Gasteiger partial charge in [-0.2, -0.15) is 4.98 Å². The number of aromatic amines is 1. The smallest absolute Gasteiger partial charge is 0.294 e. The second-order valence-electron chi connectivity index (χ2n) is 2.18. The standard InChI is InChI=1S/C8H7N2O/c1-11-8-9-6-4-2-3-5-7(6)10-8/h2-4H,1H3,(H,9,10). The number of aromatic nitrogens is 2. The second kappa shape index (κ2) is 2.27. The second-order valence-corrected chi connectivity index (χ2v) is 2.18. The van der Waals surface area contributed by atoms with Gasteiger partial charge in [-0.1, -0.05) is 12.1 Å². The van der Waals surface area contributed by atoms with E-state index in [0.29, 0.717) is 6.01 Å². The largest absolute Gasteiger partial charge is 0.468 e. The fraction of sp³-hybridized carbons (Fsp3) is 0.125. The van der Waals surface area contributed by atoms with Crippen molar-refractivity contribution < 1.29 is 4.74 Å². The van der Waals surface area contributed by atoms with Crippen LogP contribution in [0.25, 0.3) is 11.0 Å². The number of ether oxygens (including phenoxy) is 1. The first-order valence-electron chi connectivity index (χ1n) is 3.30. The molecule has 0 aliphatic carbocycles. The Hall–Kier alpha value is -1.51. The van der Waals surface area contributed by atoms with E-state index in [0.717, 1.165) is 11.0 Å². The molecule has 0 spiro atoms. The van der Waals surface area contributed by atoms with Gasteiger partial charge in [0.25, 0.3) is 6.01 Å². The highest BCUT2D eigenvalue weighted by Crippen LogP contribution is 2.13. The maximum atomic E-state index is 4.91. The van der Waals surface area contributed by atoms with Crippen LogP contribution in [0, 0.1) is 6.07 Å². The molecule has 1 heterocycles. The van der Waals surface area contributed by atoms with E-state index >= 15 is 0 Å². The van der Waals surface area contributed by atoms with E-state index in [1.54, 1.807) is 7.11 Å². The van der Waals surface area contributed by atoms with E-state index in [1.807, 2.05) is 18.2 Å². The van der Waals surface area contributed by atoms with E-state index in [1.165, 1.54) is 0 Å². The Bertz CT molecular complexity index is 334. The number of benzene rings is 1. The molecule has 11 heavy (non-hydrogen) atoms. The summed E-state index contributed by atoms with van der Waals surface area (Å²) in [7, 11) is 1.58. The van der Waals surface area contributed by atoms with Crippen molar-refractivity contribution in [3.63, 3.8) is 0 Å². The Morgan fingerprint density at radius 3 is 3.27 bits per heavy atom. The summed E-state index contributed by atoms with van der Waals surface area (Å²) in [6, 6.07) is 9.17. The molecule has 1 aromatic carbocycles. The molecule has 1 radical (unpaired) electrons. The van der Waals surface area contributed by atoms with Crippen molar-refractivity contribution in [3.05, 3.63) is 24.3 Å². The van der Waals surface area contributed by atoms with Gasteiger partial charge >= 0.3 is 0 Å². The number of imidazole rings is 1. The Labute approximate surface area is 64.0 Å². The maximum Gasteiger partial charge on any atom is 0.294 e. The van der Waals surface area contributed by atoms with Gasteiger partial charge in [0.1, 0.15) is 5.52 Å². The molecule has 2 aromatic rings. The van der Waals surface area contributed by atoms with Gasteiger partial charge in [-0.25, -0.2) is 0 Å². The SMILES string of the molecule is COc1nc2[c]cccc2[nH]1. The third-order valence-corrected chi connectivity index (χ3v) is 1.48. The highest BCUT2D eigenvalue weighted by Gasteiger charge is 1.99. The van der Waals surface area contributed by atoms with E-state index in [-0.39, 0.29) is 0 Å². The summed E-state index contributed by atoms with van der Waals surface area (Å²) < 4.78 is 4.91. The van der Waals surface area contributed by atoms with Crippen molar-refractivity contribution in [2.24, 2.45) is 0 Å². The summed E-state index contributed by atoms with van der Waals surface area (Å²) >= 11 is 0. The fourth-order valence-corrected chi connectivity index (χ4v) is 0.963.